The van der Waals surface area contributed by atoms with Crippen LogP contribution in [0.15, 0.2) is 24.3 Å². The first kappa shape index (κ1) is 16.0. The van der Waals surface area contributed by atoms with Gasteiger partial charge in [-0.1, -0.05) is 23.7 Å². The molecule has 0 aliphatic carbocycles. The Morgan fingerprint density at radius 3 is 2.68 bits per heavy atom. The van der Waals surface area contributed by atoms with Gasteiger partial charge in [0.25, 0.3) is 0 Å². The minimum absolute atomic E-state index is 0.00469. The van der Waals surface area contributed by atoms with E-state index in [1.807, 2.05) is 31.2 Å². The summed E-state index contributed by atoms with van der Waals surface area (Å²) >= 11 is 5.81. The third kappa shape index (κ3) is 6.57. The molecule has 0 radical (unpaired) electrons. The Kier molecular flexibility index (Phi) is 7.48. The van der Waals surface area contributed by atoms with Crippen molar-refractivity contribution >= 4 is 17.5 Å². The van der Waals surface area contributed by atoms with Gasteiger partial charge in [0.15, 0.2) is 0 Å². The molecular formula is C14H21ClN2O2. The van der Waals surface area contributed by atoms with Crippen LogP contribution in [0.4, 0.5) is 0 Å². The van der Waals surface area contributed by atoms with Crippen molar-refractivity contribution in [1.29, 1.82) is 0 Å². The predicted octanol–water partition coefficient (Wildman–Crippen LogP) is 1.97. The maximum atomic E-state index is 11.7. The molecule has 1 rings (SSSR count). The van der Waals surface area contributed by atoms with Gasteiger partial charge in [0.2, 0.25) is 5.91 Å². The number of halogens is 1. The maximum Gasteiger partial charge on any atom is 0.236 e. The lowest BCUT2D eigenvalue weighted by Gasteiger charge is -2.14. The van der Waals surface area contributed by atoms with E-state index in [0.29, 0.717) is 24.7 Å². The summed E-state index contributed by atoms with van der Waals surface area (Å²) < 4.78 is 4.92. The standard InChI is InChI=1S/C14H21ClN2O2/c1-11(14(18)16-8-3-9-19-2)17-10-12-4-6-13(15)7-5-12/h4-7,11,17H,3,8-10H2,1-2H3,(H,16,18). The number of benzene rings is 1. The van der Waals surface area contributed by atoms with Crippen LogP contribution in [0.3, 0.4) is 0 Å². The molecule has 0 spiro atoms. The lowest BCUT2D eigenvalue weighted by Crippen LogP contribution is -2.42. The number of carbonyl (C=O) groups excluding carboxylic acids is 1. The van der Waals surface area contributed by atoms with Crippen LogP contribution >= 0.6 is 11.6 Å². The molecule has 1 unspecified atom stereocenters. The minimum Gasteiger partial charge on any atom is -0.385 e. The number of hydrogen-bond acceptors (Lipinski definition) is 3. The van der Waals surface area contributed by atoms with Crippen LogP contribution in [0, 0.1) is 0 Å². The van der Waals surface area contributed by atoms with Crippen LogP contribution in [0.25, 0.3) is 0 Å². The number of methoxy groups -OCH3 is 1. The molecule has 0 aliphatic rings. The molecule has 0 aliphatic heterocycles. The topological polar surface area (TPSA) is 50.4 Å². The number of amides is 1. The Balaban J connectivity index is 2.24. The molecule has 0 heterocycles. The van der Waals surface area contributed by atoms with E-state index in [9.17, 15) is 4.79 Å². The van der Waals surface area contributed by atoms with Gasteiger partial charge < -0.3 is 15.4 Å². The first-order chi connectivity index (χ1) is 9.13. The summed E-state index contributed by atoms with van der Waals surface area (Å²) in [7, 11) is 1.65. The number of rotatable bonds is 8. The third-order valence-electron chi connectivity index (χ3n) is 2.74. The molecule has 0 saturated heterocycles. The molecule has 2 N–H and O–H groups in total. The Labute approximate surface area is 119 Å². The van der Waals surface area contributed by atoms with Crippen LogP contribution < -0.4 is 10.6 Å². The van der Waals surface area contributed by atoms with Gasteiger partial charge in [0.05, 0.1) is 6.04 Å². The summed E-state index contributed by atoms with van der Waals surface area (Å²) in [5, 5.41) is 6.75. The zero-order valence-electron chi connectivity index (χ0n) is 11.4. The fourth-order valence-electron chi connectivity index (χ4n) is 1.55. The second-order valence-corrected chi connectivity index (χ2v) is 4.80. The average molecular weight is 285 g/mol. The van der Waals surface area contributed by atoms with E-state index in [-0.39, 0.29) is 11.9 Å². The predicted molar refractivity (Wildman–Crippen MR) is 77.3 cm³/mol. The van der Waals surface area contributed by atoms with E-state index in [1.165, 1.54) is 0 Å². The molecule has 0 saturated carbocycles. The minimum atomic E-state index is -0.224. The van der Waals surface area contributed by atoms with Crippen molar-refractivity contribution in [2.24, 2.45) is 0 Å². The monoisotopic (exact) mass is 284 g/mol. The van der Waals surface area contributed by atoms with Gasteiger partial charge >= 0.3 is 0 Å². The van der Waals surface area contributed by atoms with Crippen LogP contribution in [0.5, 0.6) is 0 Å². The summed E-state index contributed by atoms with van der Waals surface area (Å²) in [6.07, 6.45) is 0.826. The normalized spacial score (nSPS) is 12.2. The Hall–Kier alpha value is -1.10. The fourth-order valence-corrected chi connectivity index (χ4v) is 1.67. The smallest absolute Gasteiger partial charge is 0.236 e. The zero-order chi connectivity index (χ0) is 14.1. The van der Waals surface area contributed by atoms with Gasteiger partial charge in [0.1, 0.15) is 0 Å². The molecule has 1 atom stereocenters. The number of nitrogens with one attached hydrogen (secondary N) is 2. The molecule has 1 aromatic rings. The van der Waals surface area contributed by atoms with Gasteiger partial charge in [-0.25, -0.2) is 0 Å². The largest absolute Gasteiger partial charge is 0.385 e. The van der Waals surface area contributed by atoms with Crippen molar-refractivity contribution in [2.45, 2.75) is 25.9 Å². The van der Waals surface area contributed by atoms with Crippen LogP contribution in [-0.4, -0.2) is 32.2 Å². The molecule has 0 fully saturated rings. The fraction of sp³-hybridized carbons (Fsp3) is 0.500. The molecule has 1 aromatic carbocycles. The van der Waals surface area contributed by atoms with Crippen LogP contribution in [0.1, 0.15) is 18.9 Å². The molecular weight excluding hydrogens is 264 g/mol. The molecule has 1 amide bonds. The van der Waals surface area contributed by atoms with Crippen molar-refractivity contribution in [1.82, 2.24) is 10.6 Å². The quantitative estimate of drug-likeness (QED) is 0.718. The highest BCUT2D eigenvalue weighted by Gasteiger charge is 2.10. The van der Waals surface area contributed by atoms with Gasteiger partial charge in [-0.05, 0) is 31.0 Å². The van der Waals surface area contributed by atoms with Crippen LogP contribution in [-0.2, 0) is 16.1 Å². The lowest BCUT2D eigenvalue weighted by molar-refractivity contribution is -0.122. The van der Waals surface area contributed by atoms with Crippen LogP contribution in [0.2, 0.25) is 5.02 Å². The SMILES string of the molecule is COCCCNC(=O)C(C)NCc1ccc(Cl)cc1. The Morgan fingerprint density at radius 1 is 1.37 bits per heavy atom. The van der Waals surface area contributed by atoms with Crippen molar-refractivity contribution in [3.05, 3.63) is 34.9 Å². The molecule has 5 heteroatoms. The first-order valence-electron chi connectivity index (χ1n) is 6.38. The summed E-state index contributed by atoms with van der Waals surface area (Å²) in [6, 6.07) is 7.34. The number of ether oxygens (including phenoxy) is 1. The molecule has 19 heavy (non-hydrogen) atoms. The van der Waals surface area contributed by atoms with Gasteiger partial charge in [-0.3, -0.25) is 4.79 Å². The molecule has 106 valence electrons. The van der Waals surface area contributed by atoms with Gasteiger partial charge in [-0.2, -0.15) is 0 Å². The highest BCUT2D eigenvalue weighted by molar-refractivity contribution is 6.30. The van der Waals surface area contributed by atoms with Crippen molar-refractivity contribution in [3.63, 3.8) is 0 Å². The average Bonchev–Trinajstić information content (AvgIpc) is 2.42. The Morgan fingerprint density at radius 2 is 2.05 bits per heavy atom. The van der Waals surface area contributed by atoms with Crippen molar-refractivity contribution in [2.75, 3.05) is 20.3 Å². The number of hydrogen-bond donors (Lipinski definition) is 2. The Bertz CT molecular complexity index is 382. The van der Waals surface area contributed by atoms with E-state index in [4.69, 9.17) is 16.3 Å². The highest BCUT2D eigenvalue weighted by atomic mass is 35.5. The summed E-state index contributed by atoms with van der Waals surface area (Å²) in [5.41, 5.74) is 1.10. The maximum absolute atomic E-state index is 11.7. The zero-order valence-corrected chi connectivity index (χ0v) is 12.2. The summed E-state index contributed by atoms with van der Waals surface area (Å²) in [5.74, 6) is 0.00469. The molecule has 4 nitrogen and oxygen atoms in total. The highest BCUT2D eigenvalue weighted by Crippen LogP contribution is 2.09. The first-order valence-corrected chi connectivity index (χ1v) is 6.75. The van der Waals surface area contributed by atoms with E-state index in [2.05, 4.69) is 10.6 Å². The molecule has 0 bridgehead atoms. The van der Waals surface area contributed by atoms with Crippen molar-refractivity contribution < 1.29 is 9.53 Å². The van der Waals surface area contributed by atoms with Crippen molar-refractivity contribution in [3.8, 4) is 0 Å². The van der Waals surface area contributed by atoms with E-state index in [1.54, 1.807) is 7.11 Å². The second kappa shape index (κ2) is 8.91. The lowest BCUT2D eigenvalue weighted by atomic mass is 10.2. The third-order valence-corrected chi connectivity index (χ3v) is 3.00. The summed E-state index contributed by atoms with van der Waals surface area (Å²) in [6.45, 7) is 3.79. The van der Waals surface area contributed by atoms with Gasteiger partial charge in [0, 0.05) is 31.8 Å². The second-order valence-electron chi connectivity index (χ2n) is 4.37. The number of carbonyl (C=O) groups is 1. The molecule has 0 aromatic heterocycles. The van der Waals surface area contributed by atoms with E-state index in [0.717, 1.165) is 12.0 Å². The summed E-state index contributed by atoms with van der Waals surface area (Å²) in [4.78, 5) is 11.7. The van der Waals surface area contributed by atoms with E-state index >= 15 is 0 Å². The van der Waals surface area contributed by atoms with E-state index < -0.39 is 0 Å². The van der Waals surface area contributed by atoms with Gasteiger partial charge in [-0.15, -0.1) is 0 Å².